The van der Waals surface area contributed by atoms with Gasteiger partial charge in [0.25, 0.3) is 5.91 Å². The predicted octanol–water partition coefficient (Wildman–Crippen LogP) is 6.47. The number of anilines is 3. The van der Waals surface area contributed by atoms with Crippen molar-refractivity contribution in [3.8, 4) is 17.2 Å². The highest BCUT2D eigenvalue weighted by Gasteiger charge is 2.30. The highest BCUT2D eigenvalue weighted by atomic mass is 16.5. The monoisotopic (exact) mass is 482 g/mol. The van der Waals surface area contributed by atoms with Crippen LogP contribution in [0.2, 0.25) is 0 Å². The molecule has 0 fully saturated rings. The Morgan fingerprint density at radius 1 is 1.11 bits per heavy atom. The number of benzene rings is 2. The van der Waals surface area contributed by atoms with Gasteiger partial charge in [0.1, 0.15) is 22.9 Å². The normalized spacial score (nSPS) is 14.0. The highest BCUT2D eigenvalue weighted by Crippen LogP contribution is 2.45. The summed E-state index contributed by atoms with van der Waals surface area (Å²) in [4.78, 5) is 15.0. The molecule has 0 bridgehead atoms. The van der Waals surface area contributed by atoms with Crippen molar-refractivity contribution in [3.63, 3.8) is 0 Å². The van der Waals surface area contributed by atoms with Crippen LogP contribution in [-0.4, -0.2) is 40.0 Å². The topological polar surface area (TPSA) is 102 Å². The van der Waals surface area contributed by atoms with Crippen LogP contribution in [0.4, 0.5) is 17.1 Å². The van der Waals surface area contributed by atoms with E-state index in [1.165, 1.54) is 23.8 Å². The Hall–Kier alpha value is -3.19. The Labute approximate surface area is 208 Å². The average Bonchev–Trinajstić information content (AvgIpc) is 2.87. The Morgan fingerprint density at radius 3 is 2.57 bits per heavy atom. The number of carbonyl (C=O) groups excluding carboxylic acids is 1. The van der Waals surface area contributed by atoms with Crippen LogP contribution in [-0.2, 0) is 4.74 Å². The number of rotatable bonds is 10. The van der Waals surface area contributed by atoms with Crippen molar-refractivity contribution >= 4 is 23.0 Å². The molecule has 0 saturated heterocycles. The number of para-hydroxylation sites is 1. The van der Waals surface area contributed by atoms with E-state index in [0.717, 1.165) is 19.3 Å². The molecule has 0 radical (unpaired) electrons. The highest BCUT2D eigenvalue weighted by molar-refractivity contribution is 6.15. The van der Waals surface area contributed by atoms with Crippen LogP contribution >= 0.6 is 0 Å². The summed E-state index contributed by atoms with van der Waals surface area (Å²) in [5, 5.41) is 33.9. The van der Waals surface area contributed by atoms with Crippen molar-refractivity contribution in [1.82, 2.24) is 0 Å². The predicted molar refractivity (Wildman–Crippen MR) is 140 cm³/mol. The zero-order valence-corrected chi connectivity index (χ0v) is 21.4. The van der Waals surface area contributed by atoms with Gasteiger partial charge in [0.05, 0.1) is 22.5 Å². The maximum absolute atomic E-state index is 13.5. The SMILES string of the molecule is CC(C)=CCCC(C)(C)OCCC(C)CCN1C(=O)c2cccc(O)c2Nc2c(O)cc(O)cc21. The van der Waals surface area contributed by atoms with Crippen LogP contribution in [0.15, 0.2) is 42.0 Å². The lowest BCUT2D eigenvalue weighted by Crippen LogP contribution is -2.32. The van der Waals surface area contributed by atoms with Crippen LogP contribution in [0, 0.1) is 5.92 Å². The van der Waals surface area contributed by atoms with Gasteiger partial charge in [0, 0.05) is 25.3 Å². The van der Waals surface area contributed by atoms with Crippen LogP contribution in [0.1, 0.15) is 70.7 Å². The fourth-order valence-electron chi connectivity index (χ4n) is 4.20. The van der Waals surface area contributed by atoms with Crippen molar-refractivity contribution in [2.75, 3.05) is 23.4 Å². The minimum Gasteiger partial charge on any atom is -0.508 e. The molecule has 0 saturated carbocycles. The van der Waals surface area contributed by atoms with Crippen molar-refractivity contribution in [2.45, 2.75) is 65.9 Å². The third-order valence-electron chi connectivity index (χ3n) is 6.39. The van der Waals surface area contributed by atoms with Gasteiger partial charge in [0.2, 0.25) is 0 Å². The fraction of sp³-hybridized carbons (Fsp3) is 0.464. The molecule has 1 amide bonds. The van der Waals surface area contributed by atoms with Crippen molar-refractivity contribution in [3.05, 3.63) is 47.5 Å². The number of fused-ring (bicyclic) bond motifs is 2. The number of nitrogens with zero attached hydrogens (tertiary/aromatic N) is 1. The first-order chi connectivity index (χ1) is 16.5. The minimum absolute atomic E-state index is 0.0890. The molecule has 1 aliphatic heterocycles. The second-order valence-electron chi connectivity index (χ2n) is 10.3. The number of hydrogen-bond acceptors (Lipinski definition) is 6. The standard InChI is InChI=1S/C28H38N2O5/c1-18(2)8-7-13-28(4,5)35-15-12-19(3)11-14-30-22-16-20(31)17-24(33)26(22)29-25-21(27(30)34)9-6-10-23(25)32/h6,8-10,16-17,19,29,31-33H,7,11-15H2,1-5H3. The molecule has 1 heterocycles. The number of aromatic hydroxyl groups is 3. The van der Waals surface area contributed by atoms with Gasteiger partial charge in [-0.3, -0.25) is 4.79 Å². The van der Waals surface area contributed by atoms with Crippen molar-refractivity contribution < 1.29 is 24.9 Å². The molecule has 0 aromatic heterocycles. The van der Waals surface area contributed by atoms with E-state index in [-0.39, 0.29) is 46.0 Å². The summed E-state index contributed by atoms with van der Waals surface area (Å²) < 4.78 is 6.15. The summed E-state index contributed by atoms with van der Waals surface area (Å²) in [5.41, 5.74) is 2.29. The van der Waals surface area contributed by atoms with Crippen LogP contribution < -0.4 is 10.2 Å². The van der Waals surface area contributed by atoms with Crippen LogP contribution in [0.3, 0.4) is 0 Å². The van der Waals surface area contributed by atoms with E-state index in [1.54, 1.807) is 17.0 Å². The summed E-state index contributed by atoms with van der Waals surface area (Å²) in [6.07, 6.45) is 5.73. The third kappa shape index (κ3) is 6.69. The van der Waals surface area contributed by atoms with Gasteiger partial charge in [-0.1, -0.05) is 24.6 Å². The second kappa shape index (κ2) is 11.0. The first kappa shape index (κ1) is 26.4. The first-order valence-corrected chi connectivity index (χ1v) is 12.2. The summed E-state index contributed by atoms with van der Waals surface area (Å²) in [5.74, 6) is -0.464. The van der Waals surface area contributed by atoms with E-state index < -0.39 is 0 Å². The first-order valence-electron chi connectivity index (χ1n) is 12.2. The molecule has 2 aromatic rings. The molecule has 7 heteroatoms. The zero-order chi connectivity index (χ0) is 25.8. The van der Waals surface area contributed by atoms with Gasteiger partial charge in [-0.15, -0.1) is 0 Å². The van der Waals surface area contributed by atoms with E-state index in [1.807, 2.05) is 0 Å². The molecule has 0 aliphatic carbocycles. The number of amides is 1. The molecule has 1 unspecified atom stereocenters. The Kier molecular flexibility index (Phi) is 8.33. The summed E-state index contributed by atoms with van der Waals surface area (Å²) in [6.45, 7) is 11.6. The molecule has 7 nitrogen and oxygen atoms in total. The van der Waals surface area contributed by atoms with Crippen molar-refractivity contribution in [2.24, 2.45) is 5.92 Å². The maximum Gasteiger partial charge on any atom is 0.260 e. The maximum atomic E-state index is 13.5. The lowest BCUT2D eigenvalue weighted by molar-refractivity contribution is -0.0278. The number of carbonyl (C=O) groups is 1. The second-order valence-corrected chi connectivity index (χ2v) is 10.3. The summed E-state index contributed by atoms with van der Waals surface area (Å²) in [6, 6.07) is 7.38. The number of nitrogens with one attached hydrogen (secondary N) is 1. The number of phenolic OH excluding ortho intramolecular Hbond substituents is 3. The van der Waals surface area contributed by atoms with E-state index in [4.69, 9.17) is 4.74 Å². The number of allylic oxidation sites excluding steroid dienone is 2. The minimum atomic E-state index is -0.309. The van der Waals surface area contributed by atoms with E-state index in [9.17, 15) is 20.1 Å². The average molecular weight is 483 g/mol. The molecule has 3 rings (SSSR count). The van der Waals surface area contributed by atoms with E-state index in [2.05, 4.69) is 46.0 Å². The third-order valence-corrected chi connectivity index (χ3v) is 6.39. The molecule has 1 aliphatic rings. The molecule has 190 valence electrons. The van der Waals surface area contributed by atoms with E-state index in [0.29, 0.717) is 30.8 Å². The van der Waals surface area contributed by atoms with Crippen molar-refractivity contribution in [1.29, 1.82) is 0 Å². The molecule has 1 atom stereocenters. The smallest absolute Gasteiger partial charge is 0.260 e. The summed E-state index contributed by atoms with van der Waals surface area (Å²) >= 11 is 0. The lowest BCUT2D eigenvalue weighted by atomic mass is 10.0. The number of hydrogen-bond donors (Lipinski definition) is 4. The quantitative estimate of drug-likeness (QED) is 0.176. The zero-order valence-electron chi connectivity index (χ0n) is 21.4. The van der Waals surface area contributed by atoms with Gasteiger partial charge < -0.3 is 30.3 Å². The number of ether oxygens (including phenoxy) is 1. The molecule has 2 aromatic carbocycles. The Balaban J connectivity index is 1.69. The van der Waals surface area contributed by atoms with Gasteiger partial charge in [0.15, 0.2) is 0 Å². The number of phenols is 3. The Bertz CT molecular complexity index is 1090. The van der Waals surface area contributed by atoms with Gasteiger partial charge >= 0.3 is 0 Å². The summed E-state index contributed by atoms with van der Waals surface area (Å²) in [7, 11) is 0. The fourth-order valence-corrected chi connectivity index (χ4v) is 4.20. The van der Waals surface area contributed by atoms with Crippen LogP contribution in [0.25, 0.3) is 0 Å². The van der Waals surface area contributed by atoms with Gasteiger partial charge in [-0.05, 0) is 71.4 Å². The Morgan fingerprint density at radius 2 is 1.86 bits per heavy atom. The largest absolute Gasteiger partial charge is 0.508 e. The van der Waals surface area contributed by atoms with Crippen LogP contribution in [0.5, 0.6) is 17.2 Å². The molecule has 35 heavy (non-hydrogen) atoms. The molecule has 0 spiro atoms. The van der Waals surface area contributed by atoms with Gasteiger partial charge in [-0.25, -0.2) is 0 Å². The molecular weight excluding hydrogens is 444 g/mol. The lowest BCUT2D eigenvalue weighted by Gasteiger charge is -2.27. The van der Waals surface area contributed by atoms with E-state index >= 15 is 0 Å². The molecular formula is C28H38N2O5. The van der Waals surface area contributed by atoms with Gasteiger partial charge in [-0.2, -0.15) is 0 Å². The molecule has 4 N–H and O–H groups in total.